The number of rotatable bonds is 5. The lowest BCUT2D eigenvalue weighted by atomic mass is 10.0. The van der Waals surface area contributed by atoms with E-state index >= 15 is 0 Å². The van der Waals surface area contributed by atoms with Gasteiger partial charge in [0.25, 0.3) is 10.1 Å². The zero-order valence-electron chi connectivity index (χ0n) is 12.8. The summed E-state index contributed by atoms with van der Waals surface area (Å²) in [5.74, 6) is -0.0297. The Kier molecular flexibility index (Phi) is 4.78. The zero-order valence-corrected chi connectivity index (χ0v) is 13.6. The standard InChI is InChI=1S/C17H18O4S/c1-4-21-22(19,20)17-10-5-12(2)11-16(17)15-8-6-14(7-9-15)13(3)18/h5-11H,4H2,1-3H3. The number of hydrogen-bond donors (Lipinski definition) is 0. The third kappa shape index (κ3) is 3.43. The molecule has 2 aromatic rings. The summed E-state index contributed by atoms with van der Waals surface area (Å²) in [6, 6.07) is 12.0. The summed E-state index contributed by atoms with van der Waals surface area (Å²) in [5, 5.41) is 0. The molecular weight excluding hydrogens is 300 g/mol. The van der Waals surface area contributed by atoms with Gasteiger partial charge in [-0.15, -0.1) is 0 Å². The third-order valence-corrected chi connectivity index (χ3v) is 4.72. The fourth-order valence-electron chi connectivity index (χ4n) is 2.19. The second kappa shape index (κ2) is 6.42. The molecular formula is C17H18O4S. The van der Waals surface area contributed by atoms with Gasteiger partial charge < -0.3 is 0 Å². The van der Waals surface area contributed by atoms with Gasteiger partial charge in [0.05, 0.1) is 6.61 Å². The van der Waals surface area contributed by atoms with Crippen molar-refractivity contribution in [2.45, 2.75) is 25.7 Å². The van der Waals surface area contributed by atoms with Crippen molar-refractivity contribution < 1.29 is 17.4 Å². The Hall–Kier alpha value is -1.98. The average molecular weight is 318 g/mol. The highest BCUT2D eigenvalue weighted by Gasteiger charge is 2.20. The first-order valence-electron chi connectivity index (χ1n) is 6.96. The molecule has 0 aliphatic rings. The zero-order chi connectivity index (χ0) is 16.3. The smallest absolute Gasteiger partial charge is 0.295 e. The summed E-state index contributed by atoms with van der Waals surface area (Å²) < 4.78 is 29.4. The fourth-order valence-corrected chi connectivity index (χ4v) is 3.31. The molecule has 0 spiro atoms. The van der Waals surface area contributed by atoms with Crippen LogP contribution in [0.1, 0.15) is 29.8 Å². The molecule has 22 heavy (non-hydrogen) atoms. The Bertz CT molecular complexity index is 790. The molecule has 0 saturated carbocycles. The van der Waals surface area contributed by atoms with E-state index in [4.69, 9.17) is 4.18 Å². The van der Waals surface area contributed by atoms with Crippen LogP contribution in [0, 0.1) is 6.92 Å². The molecule has 0 bridgehead atoms. The number of aryl methyl sites for hydroxylation is 1. The summed E-state index contributed by atoms with van der Waals surface area (Å²) >= 11 is 0. The van der Waals surface area contributed by atoms with Crippen LogP contribution in [-0.4, -0.2) is 20.8 Å². The molecule has 116 valence electrons. The van der Waals surface area contributed by atoms with E-state index in [0.29, 0.717) is 11.1 Å². The topological polar surface area (TPSA) is 60.4 Å². The van der Waals surface area contributed by atoms with Crippen LogP contribution >= 0.6 is 0 Å². The van der Waals surface area contributed by atoms with Crippen molar-refractivity contribution >= 4 is 15.9 Å². The maximum absolute atomic E-state index is 12.2. The Morgan fingerprint density at radius 1 is 1.09 bits per heavy atom. The van der Waals surface area contributed by atoms with Crippen molar-refractivity contribution in [1.29, 1.82) is 0 Å². The molecule has 0 aliphatic heterocycles. The lowest BCUT2D eigenvalue weighted by Crippen LogP contribution is -2.08. The first kappa shape index (κ1) is 16.4. The van der Waals surface area contributed by atoms with Crippen LogP contribution in [0.15, 0.2) is 47.4 Å². The van der Waals surface area contributed by atoms with Gasteiger partial charge in [-0.25, -0.2) is 0 Å². The van der Waals surface area contributed by atoms with Crippen molar-refractivity contribution in [3.8, 4) is 11.1 Å². The van der Waals surface area contributed by atoms with Gasteiger partial charge in [0.1, 0.15) is 4.90 Å². The maximum atomic E-state index is 12.2. The molecule has 0 unspecified atom stereocenters. The molecule has 2 aromatic carbocycles. The first-order chi connectivity index (χ1) is 10.3. The minimum absolute atomic E-state index is 0.0297. The molecule has 5 heteroatoms. The SMILES string of the molecule is CCOS(=O)(=O)c1ccc(C)cc1-c1ccc(C(C)=O)cc1. The lowest BCUT2D eigenvalue weighted by molar-refractivity contribution is 0.101. The van der Waals surface area contributed by atoms with Gasteiger partial charge >= 0.3 is 0 Å². The number of Topliss-reactive ketones (excluding diaryl/α,β-unsaturated/α-hetero) is 1. The first-order valence-corrected chi connectivity index (χ1v) is 8.37. The Morgan fingerprint density at radius 3 is 2.27 bits per heavy atom. The fraction of sp³-hybridized carbons (Fsp3) is 0.235. The van der Waals surface area contributed by atoms with E-state index in [1.807, 2.05) is 6.92 Å². The van der Waals surface area contributed by atoms with Crippen molar-refractivity contribution in [2.24, 2.45) is 0 Å². The van der Waals surface area contributed by atoms with Crippen LogP contribution in [0.4, 0.5) is 0 Å². The van der Waals surface area contributed by atoms with Gasteiger partial charge in [-0.05, 0) is 32.4 Å². The van der Waals surface area contributed by atoms with Crippen molar-refractivity contribution in [3.63, 3.8) is 0 Å². The predicted octanol–water partition coefficient (Wildman–Crippen LogP) is 3.59. The van der Waals surface area contributed by atoms with Gasteiger partial charge in [0.15, 0.2) is 5.78 Å². The monoisotopic (exact) mass is 318 g/mol. The van der Waals surface area contributed by atoms with E-state index in [9.17, 15) is 13.2 Å². The highest BCUT2D eigenvalue weighted by molar-refractivity contribution is 7.87. The second-order valence-corrected chi connectivity index (χ2v) is 6.58. The van der Waals surface area contributed by atoms with Crippen LogP contribution < -0.4 is 0 Å². The summed E-state index contributed by atoms with van der Waals surface area (Å²) in [6.45, 7) is 5.10. The molecule has 2 rings (SSSR count). The molecule has 0 atom stereocenters. The summed E-state index contributed by atoms with van der Waals surface area (Å²) in [4.78, 5) is 11.5. The van der Waals surface area contributed by atoms with E-state index in [0.717, 1.165) is 11.1 Å². The van der Waals surface area contributed by atoms with Gasteiger partial charge in [0.2, 0.25) is 0 Å². The van der Waals surface area contributed by atoms with E-state index in [1.165, 1.54) is 6.92 Å². The van der Waals surface area contributed by atoms with Crippen molar-refractivity contribution in [3.05, 3.63) is 53.6 Å². The molecule has 0 heterocycles. The minimum atomic E-state index is -3.80. The largest absolute Gasteiger partial charge is 0.297 e. The molecule has 0 fully saturated rings. The van der Waals surface area contributed by atoms with Crippen molar-refractivity contribution in [2.75, 3.05) is 6.61 Å². The molecule has 0 radical (unpaired) electrons. The Balaban J connectivity index is 2.59. The van der Waals surface area contributed by atoms with E-state index in [-0.39, 0.29) is 17.3 Å². The van der Waals surface area contributed by atoms with Gasteiger partial charge in [-0.1, -0.05) is 42.0 Å². The van der Waals surface area contributed by atoms with Crippen LogP contribution in [0.2, 0.25) is 0 Å². The Morgan fingerprint density at radius 2 is 1.73 bits per heavy atom. The van der Waals surface area contributed by atoms with Crippen molar-refractivity contribution in [1.82, 2.24) is 0 Å². The van der Waals surface area contributed by atoms with E-state index in [1.54, 1.807) is 49.4 Å². The van der Waals surface area contributed by atoms with Gasteiger partial charge in [-0.3, -0.25) is 8.98 Å². The second-order valence-electron chi connectivity index (χ2n) is 4.99. The molecule has 0 N–H and O–H groups in total. The lowest BCUT2D eigenvalue weighted by Gasteiger charge is -2.11. The quantitative estimate of drug-likeness (QED) is 0.624. The molecule has 0 amide bonds. The summed E-state index contributed by atoms with van der Waals surface area (Å²) in [5.41, 5.74) is 2.84. The van der Waals surface area contributed by atoms with Crippen LogP contribution in [-0.2, 0) is 14.3 Å². The number of hydrogen-bond acceptors (Lipinski definition) is 4. The normalized spacial score (nSPS) is 11.4. The average Bonchev–Trinajstić information content (AvgIpc) is 2.47. The maximum Gasteiger partial charge on any atom is 0.297 e. The highest BCUT2D eigenvalue weighted by Crippen LogP contribution is 2.30. The number of benzene rings is 2. The number of carbonyl (C=O) groups excluding carboxylic acids is 1. The molecule has 4 nitrogen and oxygen atoms in total. The Labute approximate surface area is 130 Å². The van der Waals surface area contributed by atoms with Gasteiger partial charge in [0, 0.05) is 11.1 Å². The molecule has 0 aliphatic carbocycles. The number of ketones is 1. The minimum Gasteiger partial charge on any atom is -0.295 e. The molecule has 0 aromatic heterocycles. The van der Waals surface area contributed by atoms with E-state index in [2.05, 4.69) is 0 Å². The van der Waals surface area contributed by atoms with Gasteiger partial charge in [-0.2, -0.15) is 8.42 Å². The summed E-state index contributed by atoms with van der Waals surface area (Å²) in [7, 11) is -3.80. The highest BCUT2D eigenvalue weighted by atomic mass is 32.2. The molecule has 0 saturated heterocycles. The van der Waals surface area contributed by atoms with E-state index < -0.39 is 10.1 Å². The third-order valence-electron chi connectivity index (χ3n) is 3.28. The van der Waals surface area contributed by atoms with Crippen LogP contribution in [0.5, 0.6) is 0 Å². The summed E-state index contributed by atoms with van der Waals surface area (Å²) in [6.07, 6.45) is 0. The van der Waals surface area contributed by atoms with Crippen LogP contribution in [0.25, 0.3) is 11.1 Å². The predicted molar refractivity (Wildman–Crippen MR) is 85.4 cm³/mol. The number of carbonyl (C=O) groups is 1. The van der Waals surface area contributed by atoms with Crippen LogP contribution in [0.3, 0.4) is 0 Å².